The topological polar surface area (TPSA) is 37.2 Å². The molecule has 0 bridgehead atoms. The molecule has 4 nitrogen and oxygen atoms in total. The summed E-state index contributed by atoms with van der Waals surface area (Å²) in [5.74, 6) is -0.179. The number of halogens is 6. The molecule has 2 aliphatic heterocycles. The molecule has 3 rings (SSSR count). The maximum Gasteiger partial charge on any atom is 0.434 e. The Morgan fingerprint density at radius 1 is 1.04 bits per heavy atom. The number of hydrogen-bond donors (Lipinski definition) is 0. The molecule has 0 atom stereocenters. The van der Waals surface area contributed by atoms with E-state index in [1.165, 1.54) is 35.4 Å². The van der Waals surface area contributed by atoms with Crippen molar-refractivity contribution in [2.24, 2.45) is 9.98 Å². The fraction of sp³-hybridized carbons (Fsp3) is 0.250. The number of guanidine groups is 1. The van der Waals surface area contributed by atoms with Crippen LogP contribution >= 0.6 is 0 Å². The number of ether oxygens (including phenoxy) is 1. The predicted molar refractivity (Wildman–Crippen MR) is 82.7 cm³/mol. The Bertz CT molecular complexity index is 803. The highest BCUT2D eigenvalue weighted by Crippen LogP contribution is 2.33. The van der Waals surface area contributed by atoms with Gasteiger partial charge in [0.2, 0.25) is 5.96 Å². The number of alkyl halides is 6. The summed E-state index contributed by atoms with van der Waals surface area (Å²) in [6, 6.07) is 4.83. The van der Waals surface area contributed by atoms with Crippen LogP contribution in [-0.2, 0) is 0 Å². The fourth-order valence-corrected chi connectivity index (χ4v) is 2.32. The molecule has 1 aromatic carbocycles. The zero-order valence-electron chi connectivity index (χ0n) is 13.0. The van der Waals surface area contributed by atoms with E-state index in [0.717, 1.165) is 0 Å². The number of allylic oxidation sites excluding steroid dienone is 1. The molecule has 0 saturated heterocycles. The van der Waals surface area contributed by atoms with Gasteiger partial charge in [0.25, 0.3) is 0 Å². The lowest BCUT2D eigenvalue weighted by Gasteiger charge is -2.26. The predicted octanol–water partition coefficient (Wildman–Crippen LogP) is 4.17. The van der Waals surface area contributed by atoms with E-state index in [9.17, 15) is 26.3 Å². The van der Waals surface area contributed by atoms with E-state index in [4.69, 9.17) is 0 Å². The average Bonchev–Trinajstić information content (AvgIpc) is 2.58. The third-order valence-corrected chi connectivity index (χ3v) is 3.41. The summed E-state index contributed by atoms with van der Waals surface area (Å²) in [6.07, 6.45) is -4.79. The van der Waals surface area contributed by atoms with E-state index in [1.807, 2.05) is 0 Å². The number of fused-ring (bicyclic) bond motifs is 1. The highest BCUT2D eigenvalue weighted by Gasteiger charge is 2.41. The molecule has 2 aliphatic rings. The Hall–Kier alpha value is -2.78. The summed E-state index contributed by atoms with van der Waals surface area (Å²) >= 11 is 0. The maximum absolute atomic E-state index is 13.4. The molecule has 10 heteroatoms. The molecule has 138 valence electrons. The zero-order chi connectivity index (χ0) is 18.9. The molecule has 26 heavy (non-hydrogen) atoms. The molecule has 0 aromatic heterocycles. The summed E-state index contributed by atoms with van der Waals surface area (Å²) < 4.78 is 81.1. The minimum atomic E-state index is -4.72. The molecule has 0 saturated carbocycles. The van der Waals surface area contributed by atoms with Gasteiger partial charge in [-0.05, 0) is 23.8 Å². The fourth-order valence-electron chi connectivity index (χ4n) is 2.32. The van der Waals surface area contributed by atoms with Gasteiger partial charge in [0, 0.05) is 18.0 Å². The highest BCUT2D eigenvalue weighted by atomic mass is 19.4. The second-order valence-electron chi connectivity index (χ2n) is 5.36. The van der Waals surface area contributed by atoms with Crippen molar-refractivity contribution in [3.8, 4) is 5.75 Å². The van der Waals surface area contributed by atoms with Crippen LogP contribution in [0, 0.1) is 0 Å². The molecule has 0 amide bonds. The molecule has 0 radical (unpaired) electrons. The van der Waals surface area contributed by atoms with Gasteiger partial charge in [0.05, 0.1) is 6.54 Å². The number of rotatable bonds is 3. The molecule has 0 fully saturated rings. The van der Waals surface area contributed by atoms with Crippen molar-refractivity contribution in [1.82, 2.24) is 4.90 Å². The number of hydrogen-bond acceptors (Lipinski definition) is 4. The van der Waals surface area contributed by atoms with E-state index < -0.39 is 24.7 Å². The van der Waals surface area contributed by atoms with Crippen molar-refractivity contribution in [2.75, 3.05) is 13.2 Å². The van der Waals surface area contributed by atoms with Crippen molar-refractivity contribution in [3.63, 3.8) is 0 Å². The third-order valence-electron chi connectivity index (χ3n) is 3.41. The number of aliphatic imine (C=N–C) groups is 2. The molecule has 0 unspecified atom stereocenters. The molecule has 0 N–H and O–H groups in total. The van der Waals surface area contributed by atoms with Crippen molar-refractivity contribution in [1.29, 1.82) is 0 Å². The minimum Gasteiger partial charge on any atom is -0.484 e. The lowest BCUT2D eigenvalue weighted by Crippen LogP contribution is -2.34. The number of benzene rings is 1. The Morgan fingerprint density at radius 2 is 1.73 bits per heavy atom. The van der Waals surface area contributed by atoms with Crippen LogP contribution in [0.5, 0.6) is 5.75 Å². The van der Waals surface area contributed by atoms with Gasteiger partial charge in [0.1, 0.15) is 5.75 Å². The lowest BCUT2D eigenvalue weighted by atomic mass is 10.00. The second-order valence-corrected chi connectivity index (χ2v) is 5.36. The Balaban J connectivity index is 1.89. The van der Waals surface area contributed by atoms with Crippen molar-refractivity contribution in [2.45, 2.75) is 12.4 Å². The quantitative estimate of drug-likeness (QED) is 0.744. The van der Waals surface area contributed by atoms with Crippen molar-refractivity contribution in [3.05, 3.63) is 48.3 Å². The first-order valence-corrected chi connectivity index (χ1v) is 7.31. The first-order chi connectivity index (χ1) is 12.1. The van der Waals surface area contributed by atoms with E-state index in [2.05, 4.69) is 14.7 Å². The molecule has 0 spiro atoms. The van der Waals surface area contributed by atoms with Crippen LogP contribution in [0.2, 0.25) is 0 Å². The van der Waals surface area contributed by atoms with E-state index in [1.54, 1.807) is 12.3 Å². The highest BCUT2D eigenvalue weighted by molar-refractivity contribution is 6.30. The van der Waals surface area contributed by atoms with Crippen LogP contribution in [0.25, 0.3) is 5.57 Å². The minimum absolute atomic E-state index is 0.0753. The molecule has 1 aromatic rings. The van der Waals surface area contributed by atoms with Gasteiger partial charge in [-0.1, -0.05) is 12.1 Å². The third kappa shape index (κ3) is 4.06. The maximum atomic E-state index is 13.4. The van der Waals surface area contributed by atoms with E-state index >= 15 is 0 Å². The number of nitrogens with zero attached hydrogens (tertiary/aromatic N) is 3. The van der Waals surface area contributed by atoms with Crippen LogP contribution in [-0.4, -0.2) is 42.1 Å². The van der Waals surface area contributed by atoms with Gasteiger partial charge in [-0.25, -0.2) is 9.98 Å². The van der Waals surface area contributed by atoms with Gasteiger partial charge in [0.15, 0.2) is 12.3 Å². The summed E-state index contributed by atoms with van der Waals surface area (Å²) in [6.45, 7) is -1.25. The smallest absolute Gasteiger partial charge is 0.434 e. The standard InChI is InChI=1S/C16H11F6N3O/c17-15(18,19)9-26-11-4-2-10(3-5-11)12-8-25-7-1-6-23-14(25)24-13(12)16(20,21)22/h1-5,7-8H,6,9H2. The second kappa shape index (κ2) is 6.50. The summed E-state index contributed by atoms with van der Waals surface area (Å²) in [7, 11) is 0. The molecule has 0 aliphatic carbocycles. The molecular weight excluding hydrogens is 364 g/mol. The van der Waals surface area contributed by atoms with Gasteiger partial charge in [-0.2, -0.15) is 26.3 Å². The van der Waals surface area contributed by atoms with Gasteiger partial charge < -0.3 is 4.74 Å². The Kier molecular flexibility index (Phi) is 4.51. The summed E-state index contributed by atoms with van der Waals surface area (Å²) in [5.41, 5.74) is -1.20. The van der Waals surface area contributed by atoms with Crippen molar-refractivity contribution >= 4 is 17.2 Å². The van der Waals surface area contributed by atoms with Crippen LogP contribution in [0.1, 0.15) is 5.56 Å². The van der Waals surface area contributed by atoms with Gasteiger partial charge in [-0.15, -0.1) is 0 Å². The monoisotopic (exact) mass is 375 g/mol. The van der Waals surface area contributed by atoms with E-state index in [0.29, 0.717) is 0 Å². The zero-order valence-corrected chi connectivity index (χ0v) is 13.0. The Morgan fingerprint density at radius 3 is 2.35 bits per heavy atom. The summed E-state index contributed by atoms with van der Waals surface area (Å²) in [5, 5.41) is 0. The lowest BCUT2D eigenvalue weighted by molar-refractivity contribution is -0.153. The molecular formula is C16H11F6N3O. The van der Waals surface area contributed by atoms with Crippen LogP contribution < -0.4 is 4.74 Å². The van der Waals surface area contributed by atoms with Gasteiger partial charge >= 0.3 is 12.4 Å². The van der Waals surface area contributed by atoms with Crippen molar-refractivity contribution < 1.29 is 31.1 Å². The van der Waals surface area contributed by atoms with Crippen LogP contribution in [0.3, 0.4) is 0 Å². The SMILES string of the molecule is FC(F)(F)COc1ccc(C2=CN3C=CCN=C3N=C2C(F)(F)F)cc1. The van der Waals surface area contributed by atoms with Crippen LogP contribution in [0.15, 0.2) is 52.7 Å². The average molecular weight is 375 g/mol. The Labute approximate surface area is 143 Å². The molecule has 2 heterocycles. The first-order valence-electron chi connectivity index (χ1n) is 7.31. The largest absolute Gasteiger partial charge is 0.484 e. The van der Waals surface area contributed by atoms with E-state index in [-0.39, 0.29) is 29.4 Å². The van der Waals surface area contributed by atoms with Crippen LogP contribution in [0.4, 0.5) is 26.3 Å². The van der Waals surface area contributed by atoms with Gasteiger partial charge in [-0.3, -0.25) is 4.90 Å². The summed E-state index contributed by atoms with van der Waals surface area (Å²) in [4.78, 5) is 8.84. The first kappa shape index (κ1) is 18.0. The normalized spacial score (nSPS) is 17.3.